The molecule has 0 bridgehead atoms. The van der Waals surface area contributed by atoms with Gasteiger partial charge in [0.25, 0.3) is 5.91 Å². The molecular weight excluding hydrogens is 358 g/mol. The predicted molar refractivity (Wildman–Crippen MR) is 94.1 cm³/mol. The standard InChI is InChI=1S/C17H24BrN3O2/c1-17(2,3)14(19)16(23)21-10-8-20(9-11-21)15(22)12-4-6-13(18)7-5-12/h4-7,14H,8-11,19H2,1-3H3/t14-/m1/s1. The van der Waals surface area contributed by atoms with E-state index in [-0.39, 0.29) is 17.2 Å². The van der Waals surface area contributed by atoms with Gasteiger partial charge in [0, 0.05) is 36.2 Å². The van der Waals surface area contributed by atoms with Crippen molar-refractivity contribution in [3.63, 3.8) is 0 Å². The van der Waals surface area contributed by atoms with Gasteiger partial charge in [-0.1, -0.05) is 36.7 Å². The molecule has 2 amide bonds. The monoisotopic (exact) mass is 381 g/mol. The lowest BCUT2D eigenvalue weighted by Crippen LogP contribution is -2.56. The van der Waals surface area contributed by atoms with E-state index in [1.807, 2.05) is 32.9 Å². The summed E-state index contributed by atoms with van der Waals surface area (Å²) in [4.78, 5) is 28.4. The first kappa shape index (κ1) is 17.9. The molecule has 1 saturated heterocycles. The zero-order chi connectivity index (χ0) is 17.2. The molecule has 0 aromatic heterocycles. The summed E-state index contributed by atoms with van der Waals surface area (Å²) in [5, 5.41) is 0. The largest absolute Gasteiger partial charge is 0.338 e. The van der Waals surface area contributed by atoms with Gasteiger partial charge in [0.2, 0.25) is 5.91 Å². The van der Waals surface area contributed by atoms with Crippen LogP contribution in [0.1, 0.15) is 31.1 Å². The highest BCUT2D eigenvalue weighted by Crippen LogP contribution is 2.20. The van der Waals surface area contributed by atoms with Gasteiger partial charge in [0.05, 0.1) is 6.04 Å². The second-order valence-corrected chi connectivity index (χ2v) is 7.88. The lowest BCUT2D eigenvalue weighted by atomic mass is 9.86. The lowest BCUT2D eigenvalue weighted by molar-refractivity contribution is -0.136. The predicted octanol–water partition coefficient (Wildman–Crippen LogP) is 2.11. The number of hydrogen-bond donors (Lipinski definition) is 1. The van der Waals surface area contributed by atoms with Crippen LogP contribution in [0.4, 0.5) is 0 Å². The molecule has 2 rings (SSSR count). The maximum Gasteiger partial charge on any atom is 0.253 e. The molecule has 2 N–H and O–H groups in total. The SMILES string of the molecule is CC(C)(C)[C@H](N)C(=O)N1CCN(C(=O)c2ccc(Br)cc2)CC1. The maximum atomic E-state index is 12.5. The number of amides is 2. The summed E-state index contributed by atoms with van der Waals surface area (Å²) < 4.78 is 0.945. The van der Waals surface area contributed by atoms with Crippen LogP contribution in [0.25, 0.3) is 0 Å². The van der Waals surface area contributed by atoms with Crippen LogP contribution in [-0.2, 0) is 4.79 Å². The van der Waals surface area contributed by atoms with Gasteiger partial charge < -0.3 is 15.5 Å². The summed E-state index contributed by atoms with van der Waals surface area (Å²) in [5.74, 6) is -0.0297. The van der Waals surface area contributed by atoms with E-state index >= 15 is 0 Å². The molecule has 1 aliphatic rings. The maximum absolute atomic E-state index is 12.5. The fraction of sp³-hybridized carbons (Fsp3) is 0.529. The topological polar surface area (TPSA) is 66.6 Å². The third kappa shape index (κ3) is 4.32. The molecule has 0 saturated carbocycles. The number of benzene rings is 1. The van der Waals surface area contributed by atoms with Crippen LogP contribution < -0.4 is 5.73 Å². The van der Waals surface area contributed by atoms with E-state index < -0.39 is 6.04 Å². The van der Waals surface area contributed by atoms with E-state index in [1.165, 1.54) is 0 Å². The minimum Gasteiger partial charge on any atom is -0.338 e. The summed E-state index contributed by atoms with van der Waals surface area (Å²) in [7, 11) is 0. The van der Waals surface area contributed by atoms with Gasteiger partial charge in [-0.3, -0.25) is 9.59 Å². The summed E-state index contributed by atoms with van der Waals surface area (Å²) in [6.45, 7) is 8.03. The first-order valence-corrected chi connectivity index (χ1v) is 8.58. The second kappa shape index (κ2) is 7.01. The van der Waals surface area contributed by atoms with E-state index in [2.05, 4.69) is 15.9 Å². The molecule has 1 fully saturated rings. The fourth-order valence-corrected chi connectivity index (χ4v) is 2.74. The van der Waals surface area contributed by atoms with E-state index in [9.17, 15) is 9.59 Å². The van der Waals surface area contributed by atoms with Crippen molar-refractivity contribution in [2.75, 3.05) is 26.2 Å². The molecule has 1 atom stereocenters. The molecule has 23 heavy (non-hydrogen) atoms. The molecule has 1 aliphatic heterocycles. The lowest BCUT2D eigenvalue weighted by Gasteiger charge is -2.38. The molecule has 126 valence electrons. The molecule has 1 aromatic carbocycles. The van der Waals surface area contributed by atoms with Crippen molar-refractivity contribution in [2.24, 2.45) is 11.1 Å². The highest BCUT2D eigenvalue weighted by atomic mass is 79.9. The average molecular weight is 382 g/mol. The van der Waals surface area contributed by atoms with Crippen molar-refractivity contribution in [2.45, 2.75) is 26.8 Å². The Kier molecular flexibility index (Phi) is 5.47. The van der Waals surface area contributed by atoms with E-state index in [1.54, 1.807) is 21.9 Å². The Morgan fingerprint density at radius 1 is 1.04 bits per heavy atom. The van der Waals surface area contributed by atoms with Crippen LogP contribution in [0.2, 0.25) is 0 Å². The Labute approximate surface area is 145 Å². The Balaban J connectivity index is 1.94. The second-order valence-electron chi connectivity index (χ2n) is 6.97. The molecule has 6 heteroatoms. The van der Waals surface area contributed by atoms with Crippen molar-refractivity contribution in [1.29, 1.82) is 0 Å². The summed E-state index contributed by atoms with van der Waals surface area (Å²) in [5.41, 5.74) is 6.45. The number of nitrogens with zero attached hydrogens (tertiary/aromatic N) is 2. The summed E-state index contributed by atoms with van der Waals surface area (Å²) in [6, 6.07) is 6.81. The van der Waals surface area contributed by atoms with Gasteiger partial charge in [-0.2, -0.15) is 0 Å². The van der Waals surface area contributed by atoms with Gasteiger partial charge in [-0.25, -0.2) is 0 Å². The highest BCUT2D eigenvalue weighted by molar-refractivity contribution is 9.10. The summed E-state index contributed by atoms with van der Waals surface area (Å²) in [6.07, 6.45) is 0. The van der Waals surface area contributed by atoms with Crippen LogP contribution >= 0.6 is 15.9 Å². The first-order valence-electron chi connectivity index (χ1n) is 7.79. The van der Waals surface area contributed by atoms with Crippen molar-refractivity contribution in [1.82, 2.24) is 9.80 Å². The highest BCUT2D eigenvalue weighted by Gasteiger charge is 2.33. The van der Waals surface area contributed by atoms with Crippen molar-refractivity contribution >= 4 is 27.7 Å². The molecule has 1 heterocycles. The molecular formula is C17H24BrN3O2. The number of nitrogens with two attached hydrogens (primary N) is 1. The Bertz CT molecular complexity index is 572. The molecule has 0 unspecified atom stereocenters. The molecule has 0 aliphatic carbocycles. The van der Waals surface area contributed by atoms with E-state index in [0.717, 1.165) is 4.47 Å². The fourth-order valence-electron chi connectivity index (χ4n) is 2.47. The normalized spacial score (nSPS) is 17.1. The quantitative estimate of drug-likeness (QED) is 0.852. The zero-order valence-corrected chi connectivity index (χ0v) is 15.5. The smallest absolute Gasteiger partial charge is 0.253 e. The van der Waals surface area contributed by atoms with Crippen LogP contribution in [0.3, 0.4) is 0 Å². The van der Waals surface area contributed by atoms with Gasteiger partial charge in [-0.15, -0.1) is 0 Å². The number of hydrogen-bond acceptors (Lipinski definition) is 3. The van der Waals surface area contributed by atoms with E-state index in [4.69, 9.17) is 5.73 Å². The Morgan fingerprint density at radius 3 is 2.00 bits per heavy atom. The minimum absolute atomic E-state index is 0.00437. The molecule has 0 radical (unpaired) electrons. The minimum atomic E-state index is -0.517. The third-order valence-corrected chi connectivity index (χ3v) is 4.70. The van der Waals surface area contributed by atoms with Crippen LogP contribution in [-0.4, -0.2) is 53.8 Å². The first-order chi connectivity index (χ1) is 10.7. The van der Waals surface area contributed by atoms with Crippen molar-refractivity contribution in [3.8, 4) is 0 Å². The van der Waals surface area contributed by atoms with Crippen LogP contribution in [0.5, 0.6) is 0 Å². The number of rotatable bonds is 2. The Hall–Kier alpha value is -1.40. The molecule has 0 spiro atoms. The number of carbonyl (C=O) groups excluding carboxylic acids is 2. The van der Waals surface area contributed by atoms with Gasteiger partial charge in [0.1, 0.15) is 0 Å². The molecule has 1 aromatic rings. The third-order valence-electron chi connectivity index (χ3n) is 4.17. The van der Waals surface area contributed by atoms with Gasteiger partial charge >= 0.3 is 0 Å². The zero-order valence-electron chi connectivity index (χ0n) is 13.9. The summed E-state index contributed by atoms with van der Waals surface area (Å²) >= 11 is 3.36. The van der Waals surface area contributed by atoms with Crippen LogP contribution in [0, 0.1) is 5.41 Å². The average Bonchev–Trinajstić information content (AvgIpc) is 2.53. The van der Waals surface area contributed by atoms with Crippen LogP contribution in [0.15, 0.2) is 28.7 Å². The van der Waals surface area contributed by atoms with Crippen molar-refractivity contribution in [3.05, 3.63) is 34.3 Å². The number of carbonyl (C=O) groups is 2. The number of piperazine rings is 1. The number of halogens is 1. The Morgan fingerprint density at radius 2 is 1.52 bits per heavy atom. The van der Waals surface area contributed by atoms with Gasteiger partial charge in [0.15, 0.2) is 0 Å². The van der Waals surface area contributed by atoms with Gasteiger partial charge in [-0.05, 0) is 29.7 Å². The molecule has 5 nitrogen and oxygen atoms in total. The van der Waals surface area contributed by atoms with Crippen molar-refractivity contribution < 1.29 is 9.59 Å². The van der Waals surface area contributed by atoms with E-state index in [0.29, 0.717) is 31.7 Å².